The van der Waals surface area contributed by atoms with Gasteiger partial charge in [-0.15, -0.1) is 0 Å². The minimum absolute atomic E-state index is 0.0406. The molecule has 1 aromatic heterocycles. The van der Waals surface area contributed by atoms with Crippen LogP contribution in [0.2, 0.25) is 0 Å². The summed E-state index contributed by atoms with van der Waals surface area (Å²) in [7, 11) is 0. The third-order valence-electron chi connectivity index (χ3n) is 6.77. The lowest BCUT2D eigenvalue weighted by atomic mass is 10.0. The van der Waals surface area contributed by atoms with Gasteiger partial charge in [-0.3, -0.25) is 14.4 Å². The van der Waals surface area contributed by atoms with E-state index in [1.54, 1.807) is 48.5 Å². The Kier molecular flexibility index (Phi) is 8.67. The monoisotopic (exact) mass is 538 g/mol. The number of fused-ring (bicyclic) bond motifs is 1. The Balaban J connectivity index is 1.71. The molecule has 0 radical (unpaired) electrons. The summed E-state index contributed by atoms with van der Waals surface area (Å²) < 4.78 is 0.899. The number of amides is 2. The van der Waals surface area contributed by atoms with E-state index in [9.17, 15) is 29.1 Å². The number of likely N-dealkylation sites (tertiary alicyclic amines) is 1. The number of hydrogen-bond donors (Lipinski definition) is 3. The predicted octanol–water partition coefficient (Wildman–Crippen LogP) is 1.79. The molecule has 2 amide bonds. The highest BCUT2D eigenvalue weighted by atomic mass is 32.2. The summed E-state index contributed by atoms with van der Waals surface area (Å²) in [6.45, 7) is 0.290. The third-order valence-corrected chi connectivity index (χ3v) is 7.41. The van der Waals surface area contributed by atoms with Crippen LogP contribution in [0.5, 0.6) is 0 Å². The van der Waals surface area contributed by atoms with Crippen LogP contribution >= 0.6 is 11.8 Å². The summed E-state index contributed by atoms with van der Waals surface area (Å²) in [5.74, 6) is -1.68. The lowest BCUT2D eigenvalue weighted by Gasteiger charge is -2.28. The Morgan fingerprint density at radius 3 is 2.53 bits per heavy atom. The normalized spacial score (nSPS) is 16.8. The molecule has 10 nitrogen and oxygen atoms in total. The summed E-state index contributed by atoms with van der Waals surface area (Å²) in [6, 6.07) is 12.4. The lowest BCUT2D eigenvalue weighted by Crippen LogP contribution is -2.54. The van der Waals surface area contributed by atoms with Gasteiger partial charge in [0.05, 0.1) is 10.9 Å². The van der Waals surface area contributed by atoms with Crippen LogP contribution in [0.4, 0.5) is 0 Å². The number of H-pyrrole nitrogens is 1. The Morgan fingerprint density at radius 2 is 1.82 bits per heavy atom. The molecule has 1 fully saturated rings. The summed E-state index contributed by atoms with van der Waals surface area (Å²) in [5, 5.41) is 12.6. The first-order valence-corrected chi connectivity index (χ1v) is 13.8. The summed E-state index contributed by atoms with van der Waals surface area (Å²) in [5.41, 5.74) is -0.260. The van der Waals surface area contributed by atoms with Gasteiger partial charge in [-0.2, -0.15) is 11.8 Å². The van der Waals surface area contributed by atoms with Gasteiger partial charge in [-0.05, 0) is 49.0 Å². The van der Waals surface area contributed by atoms with Gasteiger partial charge in [0.1, 0.15) is 18.1 Å². The van der Waals surface area contributed by atoms with Crippen molar-refractivity contribution in [2.45, 2.75) is 43.8 Å². The molecule has 200 valence electrons. The number of carbonyl (C=O) groups excluding carboxylic acids is 2. The van der Waals surface area contributed by atoms with E-state index < -0.39 is 47.2 Å². The van der Waals surface area contributed by atoms with Gasteiger partial charge in [0.2, 0.25) is 11.8 Å². The van der Waals surface area contributed by atoms with Gasteiger partial charge >= 0.3 is 11.7 Å². The SMILES string of the molecule is CSCC[C@H](NC(=O)[C@H](Cc1ccccc1)n1c(=O)[nH]c2ccccc2c1=O)C(=O)N1CCC[C@@H]1C(=O)O. The average molecular weight is 539 g/mol. The van der Waals surface area contributed by atoms with Crippen molar-refractivity contribution >= 4 is 40.4 Å². The maximum absolute atomic E-state index is 13.8. The fourth-order valence-electron chi connectivity index (χ4n) is 4.85. The molecule has 0 aliphatic carbocycles. The van der Waals surface area contributed by atoms with Crippen LogP contribution in [-0.2, 0) is 20.8 Å². The topological polar surface area (TPSA) is 142 Å². The molecule has 0 bridgehead atoms. The number of benzene rings is 2. The van der Waals surface area contributed by atoms with Crippen molar-refractivity contribution in [2.24, 2.45) is 0 Å². The molecule has 1 saturated heterocycles. The zero-order chi connectivity index (χ0) is 27.2. The van der Waals surface area contributed by atoms with Crippen molar-refractivity contribution in [3.8, 4) is 0 Å². The zero-order valence-electron chi connectivity index (χ0n) is 21.0. The molecule has 1 aliphatic rings. The van der Waals surface area contributed by atoms with Crippen LogP contribution in [-0.4, -0.2) is 68.0 Å². The van der Waals surface area contributed by atoms with Crippen LogP contribution in [0.1, 0.15) is 30.9 Å². The number of carboxylic acids is 1. The second-order valence-electron chi connectivity index (χ2n) is 9.23. The Bertz CT molecular complexity index is 1440. The molecule has 0 spiro atoms. The van der Waals surface area contributed by atoms with Gasteiger partial charge < -0.3 is 20.3 Å². The Hall–Kier alpha value is -3.86. The first kappa shape index (κ1) is 27.2. The second-order valence-corrected chi connectivity index (χ2v) is 10.2. The number of para-hydroxylation sites is 1. The van der Waals surface area contributed by atoms with Crippen molar-refractivity contribution < 1.29 is 19.5 Å². The average Bonchev–Trinajstić information content (AvgIpc) is 3.41. The van der Waals surface area contributed by atoms with E-state index >= 15 is 0 Å². The quantitative estimate of drug-likeness (QED) is 0.357. The highest BCUT2D eigenvalue weighted by Crippen LogP contribution is 2.21. The van der Waals surface area contributed by atoms with E-state index in [0.29, 0.717) is 30.7 Å². The molecule has 0 unspecified atom stereocenters. The van der Waals surface area contributed by atoms with Crippen LogP contribution < -0.4 is 16.6 Å². The molecule has 3 atom stereocenters. The standard InChI is InChI=1S/C27H30N4O6S/c1-38-15-13-20(25(34)30-14-7-12-21(30)26(35)36)28-23(32)22(16-17-8-3-2-4-9-17)31-24(33)18-10-5-6-11-19(18)29-27(31)37/h2-6,8-11,20-22H,7,12-16H2,1H3,(H,28,32)(H,29,37)(H,35,36)/t20-,21+,22-/m0/s1. The van der Waals surface area contributed by atoms with Crippen molar-refractivity contribution in [2.75, 3.05) is 18.6 Å². The number of nitrogens with one attached hydrogen (secondary N) is 2. The Morgan fingerprint density at radius 1 is 1.11 bits per heavy atom. The van der Waals surface area contributed by atoms with E-state index in [-0.39, 0.29) is 18.2 Å². The van der Waals surface area contributed by atoms with E-state index in [0.717, 1.165) is 10.1 Å². The number of rotatable bonds is 10. The Labute approximate surface area is 223 Å². The number of carboxylic acid groups (broad SMARTS) is 1. The number of aliphatic carboxylic acids is 1. The zero-order valence-corrected chi connectivity index (χ0v) is 21.8. The minimum Gasteiger partial charge on any atom is -0.480 e. The van der Waals surface area contributed by atoms with Gasteiger partial charge in [-0.1, -0.05) is 42.5 Å². The van der Waals surface area contributed by atoms with Crippen LogP contribution in [0.25, 0.3) is 10.9 Å². The lowest BCUT2D eigenvalue weighted by molar-refractivity contribution is -0.149. The molecular weight excluding hydrogens is 508 g/mol. The number of thioether (sulfide) groups is 1. The van der Waals surface area contributed by atoms with E-state index in [4.69, 9.17) is 0 Å². The fraction of sp³-hybridized carbons (Fsp3) is 0.370. The predicted molar refractivity (Wildman–Crippen MR) is 145 cm³/mol. The maximum atomic E-state index is 13.8. The van der Waals surface area contributed by atoms with Crippen LogP contribution in [0, 0.1) is 0 Å². The number of aromatic amines is 1. The van der Waals surface area contributed by atoms with E-state index in [1.165, 1.54) is 16.7 Å². The van der Waals surface area contributed by atoms with Crippen LogP contribution in [0.15, 0.2) is 64.2 Å². The van der Waals surface area contributed by atoms with Crippen molar-refractivity contribution in [3.05, 3.63) is 81.0 Å². The molecular formula is C27H30N4O6S. The number of aromatic nitrogens is 2. The van der Waals surface area contributed by atoms with E-state index in [2.05, 4.69) is 10.3 Å². The molecule has 2 aromatic carbocycles. The van der Waals surface area contributed by atoms with E-state index in [1.807, 2.05) is 12.3 Å². The first-order valence-electron chi connectivity index (χ1n) is 12.4. The van der Waals surface area contributed by atoms with Crippen molar-refractivity contribution in [3.63, 3.8) is 0 Å². The van der Waals surface area contributed by atoms with Crippen molar-refractivity contribution in [1.82, 2.24) is 19.8 Å². The first-order chi connectivity index (χ1) is 18.3. The smallest absolute Gasteiger partial charge is 0.329 e. The largest absolute Gasteiger partial charge is 0.480 e. The minimum atomic E-state index is -1.24. The van der Waals surface area contributed by atoms with Gasteiger partial charge in [0.25, 0.3) is 5.56 Å². The van der Waals surface area contributed by atoms with Crippen molar-refractivity contribution in [1.29, 1.82) is 0 Å². The van der Waals surface area contributed by atoms with Gasteiger partial charge in [-0.25, -0.2) is 14.2 Å². The molecule has 4 rings (SSSR count). The molecule has 38 heavy (non-hydrogen) atoms. The highest BCUT2D eigenvalue weighted by Gasteiger charge is 2.38. The summed E-state index contributed by atoms with van der Waals surface area (Å²) >= 11 is 1.49. The third kappa shape index (κ3) is 5.83. The molecule has 1 aliphatic heterocycles. The highest BCUT2D eigenvalue weighted by molar-refractivity contribution is 7.98. The molecule has 3 N–H and O–H groups in total. The summed E-state index contributed by atoms with van der Waals surface area (Å²) in [6.07, 6.45) is 3.09. The molecule has 0 saturated carbocycles. The summed E-state index contributed by atoms with van der Waals surface area (Å²) in [4.78, 5) is 69.4. The molecule has 3 aromatic rings. The second kappa shape index (κ2) is 12.1. The number of carbonyl (C=O) groups is 3. The maximum Gasteiger partial charge on any atom is 0.329 e. The number of nitrogens with zero attached hydrogens (tertiary/aromatic N) is 2. The van der Waals surface area contributed by atoms with Gasteiger partial charge in [0, 0.05) is 13.0 Å². The molecule has 2 heterocycles. The number of hydrogen-bond acceptors (Lipinski definition) is 6. The van der Waals surface area contributed by atoms with Crippen LogP contribution in [0.3, 0.4) is 0 Å². The molecule has 11 heteroatoms. The van der Waals surface area contributed by atoms with Gasteiger partial charge in [0.15, 0.2) is 0 Å². The fourth-order valence-corrected chi connectivity index (χ4v) is 5.32.